The van der Waals surface area contributed by atoms with Gasteiger partial charge in [0.25, 0.3) is 0 Å². The molecule has 1 aromatic carbocycles. The summed E-state index contributed by atoms with van der Waals surface area (Å²) >= 11 is 5.84. The molecular weight excluding hydrogens is 285 g/mol. The fourth-order valence-electron chi connectivity index (χ4n) is 1.24. The van der Waals surface area contributed by atoms with E-state index in [4.69, 9.17) is 16.3 Å². The number of halogens is 4. The topological polar surface area (TPSA) is 35.5 Å². The molecule has 7 heteroatoms. The van der Waals surface area contributed by atoms with Gasteiger partial charge in [-0.15, -0.1) is 0 Å². The molecule has 1 aromatic rings. The van der Waals surface area contributed by atoms with E-state index in [1.807, 2.05) is 0 Å². The molecule has 0 aliphatic carbocycles. The minimum atomic E-state index is -4.31. The molecule has 0 unspecified atom stereocenters. The standard InChI is InChI=1S/C12H12ClF3O3/c13-10-6-9(7-17)2-3-11(10)19-5-1-4-18-8-12(14,15)16/h2-3,6-7H,1,4-5,8H2. The summed E-state index contributed by atoms with van der Waals surface area (Å²) in [6, 6.07) is 4.51. The van der Waals surface area contributed by atoms with Gasteiger partial charge in [-0.2, -0.15) is 13.2 Å². The smallest absolute Gasteiger partial charge is 0.411 e. The summed E-state index contributed by atoms with van der Waals surface area (Å²) in [6.07, 6.45) is -3.35. The van der Waals surface area contributed by atoms with Crippen LogP contribution in [-0.4, -0.2) is 32.3 Å². The first-order chi connectivity index (χ1) is 8.92. The van der Waals surface area contributed by atoms with Crippen LogP contribution in [0.4, 0.5) is 13.2 Å². The molecule has 0 amide bonds. The molecule has 1 rings (SSSR count). The van der Waals surface area contributed by atoms with Gasteiger partial charge in [0.05, 0.1) is 18.2 Å². The van der Waals surface area contributed by atoms with Gasteiger partial charge in [0.2, 0.25) is 0 Å². The highest BCUT2D eigenvalue weighted by Gasteiger charge is 2.27. The lowest BCUT2D eigenvalue weighted by Gasteiger charge is -2.09. The molecule has 0 saturated carbocycles. The minimum absolute atomic E-state index is 0.0520. The van der Waals surface area contributed by atoms with Crippen molar-refractivity contribution >= 4 is 17.9 Å². The molecule has 0 aliphatic rings. The van der Waals surface area contributed by atoms with E-state index in [0.717, 1.165) is 0 Å². The van der Waals surface area contributed by atoms with Gasteiger partial charge in [-0.3, -0.25) is 4.79 Å². The van der Waals surface area contributed by atoms with Gasteiger partial charge in [-0.1, -0.05) is 11.6 Å². The van der Waals surface area contributed by atoms with E-state index in [-0.39, 0.29) is 18.2 Å². The Morgan fingerprint density at radius 1 is 1.26 bits per heavy atom. The summed E-state index contributed by atoms with van der Waals surface area (Å²) in [7, 11) is 0. The predicted molar refractivity (Wildman–Crippen MR) is 63.8 cm³/mol. The molecule has 0 aliphatic heterocycles. The lowest BCUT2D eigenvalue weighted by Crippen LogP contribution is -2.18. The van der Waals surface area contributed by atoms with Gasteiger partial charge in [0, 0.05) is 12.0 Å². The van der Waals surface area contributed by atoms with E-state index in [9.17, 15) is 18.0 Å². The fraction of sp³-hybridized carbons (Fsp3) is 0.417. The Balaban J connectivity index is 2.24. The van der Waals surface area contributed by atoms with Crippen LogP contribution in [0.25, 0.3) is 0 Å². The second-order valence-electron chi connectivity index (χ2n) is 3.68. The first-order valence-electron chi connectivity index (χ1n) is 5.44. The van der Waals surface area contributed by atoms with Gasteiger partial charge in [0.1, 0.15) is 18.6 Å². The SMILES string of the molecule is O=Cc1ccc(OCCCOCC(F)(F)F)c(Cl)c1. The number of rotatable bonds is 7. The Labute approximate surface area is 113 Å². The maximum Gasteiger partial charge on any atom is 0.411 e. The van der Waals surface area contributed by atoms with Gasteiger partial charge in [0.15, 0.2) is 0 Å². The minimum Gasteiger partial charge on any atom is -0.492 e. The van der Waals surface area contributed by atoms with Crippen molar-refractivity contribution in [2.24, 2.45) is 0 Å². The Bertz CT molecular complexity index is 421. The maximum atomic E-state index is 11.8. The van der Waals surface area contributed by atoms with Crippen LogP contribution in [0.3, 0.4) is 0 Å². The number of aldehydes is 1. The average Bonchev–Trinajstić information content (AvgIpc) is 2.33. The van der Waals surface area contributed by atoms with E-state index in [1.165, 1.54) is 18.2 Å². The molecule has 0 radical (unpaired) electrons. The number of benzene rings is 1. The molecule has 0 fully saturated rings. The number of carbonyl (C=O) groups is 1. The van der Waals surface area contributed by atoms with Crippen LogP contribution >= 0.6 is 11.6 Å². The molecule has 3 nitrogen and oxygen atoms in total. The summed E-state index contributed by atoms with van der Waals surface area (Å²) in [5.74, 6) is 0.378. The second-order valence-corrected chi connectivity index (χ2v) is 4.08. The fourth-order valence-corrected chi connectivity index (χ4v) is 1.48. The summed E-state index contributed by atoms with van der Waals surface area (Å²) in [6.45, 7) is -1.14. The van der Waals surface area contributed by atoms with Crippen LogP contribution in [0.15, 0.2) is 18.2 Å². The van der Waals surface area contributed by atoms with Crippen molar-refractivity contribution in [3.05, 3.63) is 28.8 Å². The maximum absolute atomic E-state index is 11.8. The van der Waals surface area contributed by atoms with Gasteiger partial charge in [-0.05, 0) is 18.2 Å². The lowest BCUT2D eigenvalue weighted by molar-refractivity contribution is -0.174. The number of alkyl halides is 3. The summed E-state index contributed by atoms with van der Waals surface area (Å²) < 4.78 is 44.9. The van der Waals surface area contributed by atoms with Crippen molar-refractivity contribution in [2.45, 2.75) is 12.6 Å². The number of hydrogen-bond donors (Lipinski definition) is 0. The van der Waals surface area contributed by atoms with E-state index >= 15 is 0 Å². The number of hydrogen-bond acceptors (Lipinski definition) is 3. The zero-order chi connectivity index (χ0) is 14.3. The number of carbonyl (C=O) groups excluding carboxylic acids is 1. The van der Waals surface area contributed by atoms with Crippen LogP contribution in [0, 0.1) is 0 Å². The van der Waals surface area contributed by atoms with Crippen molar-refractivity contribution < 1.29 is 27.4 Å². The van der Waals surface area contributed by atoms with E-state index in [0.29, 0.717) is 24.0 Å². The first kappa shape index (κ1) is 15.8. The third-order valence-corrected chi connectivity index (χ3v) is 2.34. The molecule has 0 heterocycles. The lowest BCUT2D eigenvalue weighted by atomic mass is 10.2. The van der Waals surface area contributed by atoms with E-state index in [1.54, 1.807) is 0 Å². The van der Waals surface area contributed by atoms with Crippen LogP contribution in [-0.2, 0) is 4.74 Å². The van der Waals surface area contributed by atoms with Gasteiger partial charge < -0.3 is 9.47 Å². The van der Waals surface area contributed by atoms with Crippen LogP contribution in [0.1, 0.15) is 16.8 Å². The number of ether oxygens (including phenoxy) is 2. The Morgan fingerprint density at radius 2 is 2.00 bits per heavy atom. The summed E-state index contributed by atoms with van der Waals surface area (Å²) in [5, 5.41) is 0.279. The molecule has 106 valence electrons. The molecule has 0 spiro atoms. The quantitative estimate of drug-likeness (QED) is 0.570. The molecular formula is C12H12ClF3O3. The molecule has 0 bridgehead atoms. The highest BCUT2D eigenvalue weighted by atomic mass is 35.5. The zero-order valence-corrected chi connectivity index (χ0v) is 10.6. The van der Waals surface area contributed by atoms with Gasteiger partial charge in [-0.25, -0.2) is 0 Å². The molecule has 0 N–H and O–H groups in total. The molecule has 0 aromatic heterocycles. The highest BCUT2D eigenvalue weighted by Crippen LogP contribution is 2.25. The van der Waals surface area contributed by atoms with Gasteiger partial charge >= 0.3 is 6.18 Å². The molecule has 0 atom stereocenters. The third kappa shape index (κ3) is 6.45. The van der Waals surface area contributed by atoms with Crippen molar-refractivity contribution in [2.75, 3.05) is 19.8 Å². The monoisotopic (exact) mass is 296 g/mol. The van der Waals surface area contributed by atoms with Crippen molar-refractivity contribution in [1.29, 1.82) is 0 Å². The Morgan fingerprint density at radius 3 is 2.58 bits per heavy atom. The zero-order valence-electron chi connectivity index (χ0n) is 9.87. The Hall–Kier alpha value is -1.27. The third-order valence-electron chi connectivity index (χ3n) is 2.05. The van der Waals surface area contributed by atoms with Crippen molar-refractivity contribution in [3.63, 3.8) is 0 Å². The summed E-state index contributed by atoms with van der Waals surface area (Å²) in [4.78, 5) is 10.5. The van der Waals surface area contributed by atoms with E-state index < -0.39 is 12.8 Å². The summed E-state index contributed by atoms with van der Waals surface area (Å²) in [5.41, 5.74) is 0.422. The van der Waals surface area contributed by atoms with Crippen LogP contribution < -0.4 is 4.74 Å². The second kappa shape index (κ2) is 7.35. The molecule has 0 saturated heterocycles. The molecule has 19 heavy (non-hydrogen) atoms. The predicted octanol–water partition coefficient (Wildman–Crippen LogP) is 3.50. The van der Waals surface area contributed by atoms with Crippen molar-refractivity contribution in [1.82, 2.24) is 0 Å². The van der Waals surface area contributed by atoms with Crippen LogP contribution in [0.5, 0.6) is 5.75 Å². The highest BCUT2D eigenvalue weighted by molar-refractivity contribution is 6.32. The van der Waals surface area contributed by atoms with E-state index in [2.05, 4.69) is 4.74 Å². The Kier molecular flexibility index (Phi) is 6.11. The average molecular weight is 297 g/mol. The van der Waals surface area contributed by atoms with Crippen LogP contribution in [0.2, 0.25) is 5.02 Å². The first-order valence-corrected chi connectivity index (χ1v) is 5.82. The normalized spacial score (nSPS) is 11.4. The largest absolute Gasteiger partial charge is 0.492 e. The van der Waals surface area contributed by atoms with Crippen molar-refractivity contribution in [3.8, 4) is 5.75 Å².